The molecule has 0 atom stereocenters. The van der Waals surface area contributed by atoms with Crippen molar-refractivity contribution in [3.63, 3.8) is 0 Å². The first-order valence-electron chi connectivity index (χ1n) is 5.28. The van der Waals surface area contributed by atoms with Crippen molar-refractivity contribution in [2.45, 2.75) is 32.6 Å². The van der Waals surface area contributed by atoms with Gasteiger partial charge in [0, 0.05) is 0 Å². The van der Waals surface area contributed by atoms with E-state index in [9.17, 15) is 9.59 Å². The van der Waals surface area contributed by atoms with Gasteiger partial charge >= 0.3 is 11.9 Å². The van der Waals surface area contributed by atoms with Gasteiger partial charge in [0.05, 0.1) is 6.61 Å². The van der Waals surface area contributed by atoms with E-state index in [-0.39, 0.29) is 0 Å². The number of rotatable bonds is 10. The Bertz CT molecular complexity index is 203. The average molecular weight is 234 g/mol. The molecule has 1 N–H and O–H groups in total. The molecule has 0 aliphatic carbocycles. The Morgan fingerprint density at radius 1 is 1.12 bits per heavy atom. The summed E-state index contributed by atoms with van der Waals surface area (Å²) >= 11 is 0. The van der Waals surface area contributed by atoms with Crippen LogP contribution in [0.4, 0.5) is 0 Å². The Morgan fingerprint density at radius 3 is 2.50 bits per heavy atom. The molecule has 0 spiro atoms. The van der Waals surface area contributed by atoms with Gasteiger partial charge in [-0.2, -0.15) is 4.89 Å². The van der Waals surface area contributed by atoms with Crippen LogP contribution < -0.4 is 0 Å². The summed E-state index contributed by atoms with van der Waals surface area (Å²) in [5.41, 5.74) is 0. The molecule has 0 amide bonds. The second-order valence-corrected chi connectivity index (χ2v) is 3.22. The van der Waals surface area contributed by atoms with E-state index in [1.165, 1.54) is 0 Å². The number of unbranched alkanes of at least 4 members (excludes halogenated alkanes) is 3. The van der Waals surface area contributed by atoms with Crippen LogP contribution in [0.3, 0.4) is 0 Å². The SMILES string of the molecule is CCCCCCOOC(=O)COCC(=O)O. The average Bonchev–Trinajstić information content (AvgIpc) is 2.22. The van der Waals surface area contributed by atoms with Crippen LogP contribution in [0.25, 0.3) is 0 Å². The molecule has 0 aliphatic rings. The number of carbonyl (C=O) groups excluding carboxylic acids is 1. The summed E-state index contributed by atoms with van der Waals surface area (Å²) in [5.74, 6) is -1.86. The van der Waals surface area contributed by atoms with Crippen LogP contribution in [0.5, 0.6) is 0 Å². The van der Waals surface area contributed by atoms with Crippen LogP contribution in [0.2, 0.25) is 0 Å². The number of hydrogen-bond donors (Lipinski definition) is 1. The van der Waals surface area contributed by atoms with E-state index in [4.69, 9.17) is 5.11 Å². The number of carboxylic acids is 1. The van der Waals surface area contributed by atoms with Gasteiger partial charge < -0.3 is 9.84 Å². The van der Waals surface area contributed by atoms with Crippen molar-refractivity contribution in [3.05, 3.63) is 0 Å². The quantitative estimate of drug-likeness (QED) is 0.347. The van der Waals surface area contributed by atoms with Crippen LogP contribution in [0.15, 0.2) is 0 Å². The fraction of sp³-hybridized carbons (Fsp3) is 0.800. The monoisotopic (exact) mass is 234 g/mol. The summed E-state index contributed by atoms with van der Waals surface area (Å²) in [7, 11) is 0. The first kappa shape index (κ1) is 14.9. The number of carbonyl (C=O) groups is 2. The minimum Gasteiger partial charge on any atom is -0.480 e. The largest absolute Gasteiger partial charge is 0.480 e. The second-order valence-electron chi connectivity index (χ2n) is 3.22. The minimum absolute atomic E-state index is 0.352. The van der Waals surface area contributed by atoms with E-state index < -0.39 is 25.2 Å². The lowest BCUT2D eigenvalue weighted by atomic mass is 10.2. The Kier molecular flexibility index (Phi) is 9.64. The zero-order valence-electron chi connectivity index (χ0n) is 9.44. The lowest BCUT2D eigenvalue weighted by Gasteiger charge is -2.03. The molecule has 0 fully saturated rings. The lowest BCUT2D eigenvalue weighted by molar-refractivity contribution is -0.275. The molecule has 0 radical (unpaired) electrons. The van der Waals surface area contributed by atoms with Gasteiger partial charge in [0.1, 0.15) is 13.2 Å². The molecule has 6 nitrogen and oxygen atoms in total. The van der Waals surface area contributed by atoms with E-state index in [1.807, 2.05) is 0 Å². The molecule has 0 bridgehead atoms. The van der Waals surface area contributed by atoms with Crippen molar-refractivity contribution in [2.24, 2.45) is 0 Å². The molecule has 94 valence electrons. The number of ether oxygens (including phenoxy) is 1. The molecular formula is C10H18O6. The zero-order valence-corrected chi connectivity index (χ0v) is 9.44. The van der Waals surface area contributed by atoms with Gasteiger partial charge in [0.25, 0.3) is 0 Å². The van der Waals surface area contributed by atoms with Gasteiger partial charge in [0.15, 0.2) is 0 Å². The number of aliphatic carboxylic acids is 1. The van der Waals surface area contributed by atoms with Crippen molar-refractivity contribution < 1.29 is 29.2 Å². The highest BCUT2D eigenvalue weighted by Crippen LogP contribution is 1.99. The number of hydrogen-bond acceptors (Lipinski definition) is 5. The third-order valence-electron chi connectivity index (χ3n) is 1.68. The fourth-order valence-corrected chi connectivity index (χ4v) is 0.941. The standard InChI is InChI=1S/C10H18O6/c1-2-3-4-5-6-15-16-10(13)8-14-7-9(11)12/h2-8H2,1H3,(H,11,12). The third-order valence-corrected chi connectivity index (χ3v) is 1.68. The fourth-order valence-electron chi connectivity index (χ4n) is 0.941. The summed E-state index contributed by atoms with van der Waals surface area (Å²) in [4.78, 5) is 29.9. The highest BCUT2D eigenvalue weighted by atomic mass is 17.2. The lowest BCUT2D eigenvalue weighted by Crippen LogP contribution is -2.17. The van der Waals surface area contributed by atoms with E-state index in [2.05, 4.69) is 21.4 Å². The molecule has 0 unspecified atom stereocenters. The van der Waals surface area contributed by atoms with Gasteiger partial charge in [-0.1, -0.05) is 26.2 Å². The Morgan fingerprint density at radius 2 is 1.88 bits per heavy atom. The summed E-state index contributed by atoms with van der Waals surface area (Å²) in [5, 5.41) is 8.21. The van der Waals surface area contributed by atoms with E-state index >= 15 is 0 Å². The molecular weight excluding hydrogens is 216 g/mol. The van der Waals surface area contributed by atoms with Gasteiger partial charge in [0.2, 0.25) is 0 Å². The molecule has 0 saturated carbocycles. The van der Waals surface area contributed by atoms with Crippen molar-refractivity contribution in [3.8, 4) is 0 Å². The molecule has 0 aromatic carbocycles. The van der Waals surface area contributed by atoms with Crippen LogP contribution in [0, 0.1) is 0 Å². The summed E-state index contributed by atoms with van der Waals surface area (Å²) in [6, 6.07) is 0. The van der Waals surface area contributed by atoms with Crippen molar-refractivity contribution in [1.29, 1.82) is 0 Å². The number of carboxylic acid groups (broad SMARTS) is 1. The summed E-state index contributed by atoms with van der Waals surface area (Å²) in [6.45, 7) is 1.51. The Balaban J connectivity index is 3.20. The van der Waals surface area contributed by atoms with Gasteiger partial charge in [-0.15, -0.1) is 0 Å². The Hall–Kier alpha value is -1.14. The molecule has 0 saturated heterocycles. The first-order chi connectivity index (χ1) is 7.66. The van der Waals surface area contributed by atoms with Crippen LogP contribution in [0.1, 0.15) is 32.6 Å². The molecule has 16 heavy (non-hydrogen) atoms. The third kappa shape index (κ3) is 10.9. The summed E-state index contributed by atoms with van der Waals surface area (Å²) < 4.78 is 4.50. The highest BCUT2D eigenvalue weighted by molar-refractivity contribution is 5.71. The van der Waals surface area contributed by atoms with Gasteiger partial charge in [-0.05, 0) is 6.42 Å². The zero-order chi connectivity index (χ0) is 12.2. The normalized spacial score (nSPS) is 10.1. The topological polar surface area (TPSA) is 82.1 Å². The predicted octanol–water partition coefficient (Wildman–Crippen LogP) is 1.14. The second kappa shape index (κ2) is 10.4. The predicted molar refractivity (Wildman–Crippen MR) is 54.6 cm³/mol. The molecule has 6 heteroatoms. The minimum atomic E-state index is -1.13. The van der Waals surface area contributed by atoms with Crippen molar-refractivity contribution in [2.75, 3.05) is 19.8 Å². The maximum atomic E-state index is 10.8. The first-order valence-corrected chi connectivity index (χ1v) is 5.28. The van der Waals surface area contributed by atoms with Crippen molar-refractivity contribution in [1.82, 2.24) is 0 Å². The molecule has 0 aromatic heterocycles. The van der Waals surface area contributed by atoms with Crippen LogP contribution in [-0.2, 0) is 24.1 Å². The molecule has 0 rings (SSSR count). The highest BCUT2D eigenvalue weighted by Gasteiger charge is 2.05. The molecule has 0 aromatic rings. The summed E-state index contributed by atoms with van der Waals surface area (Å²) in [6.07, 6.45) is 4.11. The van der Waals surface area contributed by atoms with E-state index in [1.54, 1.807) is 0 Å². The van der Waals surface area contributed by atoms with E-state index in [0.717, 1.165) is 25.7 Å². The maximum absolute atomic E-state index is 10.8. The van der Waals surface area contributed by atoms with Gasteiger partial charge in [-0.25, -0.2) is 9.59 Å². The molecule has 0 heterocycles. The smallest absolute Gasteiger partial charge is 0.367 e. The Labute approximate surface area is 94.4 Å². The van der Waals surface area contributed by atoms with Crippen molar-refractivity contribution >= 4 is 11.9 Å². The maximum Gasteiger partial charge on any atom is 0.367 e. The van der Waals surface area contributed by atoms with Gasteiger partial charge in [-0.3, -0.25) is 4.89 Å². The molecule has 0 aliphatic heterocycles. The van der Waals surface area contributed by atoms with E-state index in [0.29, 0.717) is 6.61 Å². The van der Waals surface area contributed by atoms with Crippen LogP contribution in [-0.4, -0.2) is 36.9 Å². The van der Waals surface area contributed by atoms with Crippen LogP contribution >= 0.6 is 0 Å².